The first-order valence-corrected chi connectivity index (χ1v) is 9.99. The molecule has 0 bridgehead atoms. The van der Waals surface area contributed by atoms with Crippen LogP contribution in [0.2, 0.25) is 0 Å². The predicted octanol–water partition coefficient (Wildman–Crippen LogP) is 6.66. The Morgan fingerprint density at radius 1 is 0.812 bits per heavy atom. The predicted molar refractivity (Wildman–Crippen MR) is 113 cm³/mol. The molecule has 0 spiro atoms. The van der Waals surface area contributed by atoms with E-state index < -0.39 is 23.7 Å². The minimum atomic E-state index is -4.56. The maximum absolute atomic E-state index is 12.8. The summed E-state index contributed by atoms with van der Waals surface area (Å²) in [6, 6.07) is 16.8. The van der Waals surface area contributed by atoms with Crippen LogP contribution in [0.5, 0.6) is 11.5 Å². The lowest BCUT2D eigenvalue weighted by molar-refractivity contribution is -0.137. The van der Waals surface area contributed by atoms with Crippen LogP contribution >= 0.6 is 0 Å². The van der Waals surface area contributed by atoms with Crippen LogP contribution in [0.25, 0.3) is 0 Å². The van der Waals surface area contributed by atoms with E-state index in [1.165, 1.54) is 30.3 Å². The molecule has 0 aliphatic heterocycles. The van der Waals surface area contributed by atoms with Gasteiger partial charge in [-0.05, 0) is 72.5 Å². The molecule has 0 fully saturated rings. The Bertz CT molecular complexity index is 1090. The third-order valence-corrected chi connectivity index (χ3v) is 5.00. The van der Waals surface area contributed by atoms with Crippen molar-refractivity contribution < 1.29 is 32.2 Å². The molecule has 0 saturated heterocycles. The quantitative estimate of drug-likeness (QED) is 0.317. The van der Waals surface area contributed by atoms with E-state index in [-0.39, 0.29) is 17.1 Å². The number of esters is 2. The standard InChI is InChI=1S/C25H21F3O4/c1-3-16(2)17-7-9-18(10-8-17)23(29)31-21-11-13-22(14-12-21)32-24(30)19-5-4-6-20(15-19)25(26,27)28/h4-16H,3H2,1-2H3/t16-/m0/s1. The van der Waals surface area contributed by atoms with Gasteiger partial charge in [0.15, 0.2) is 0 Å². The number of hydrogen-bond donors (Lipinski definition) is 0. The second-order valence-corrected chi connectivity index (χ2v) is 7.26. The smallest absolute Gasteiger partial charge is 0.416 e. The van der Waals surface area contributed by atoms with Crippen LogP contribution in [0.4, 0.5) is 13.2 Å². The highest BCUT2D eigenvalue weighted by atomic mass is 19.4. The molecule has 0 radical (unpaired) electrons. The molecule has 0 aliphatic carbocycles. The highest BCUT2D eigenvalue weighted by Gasteiger charge is 2.31. The van der Waals surface area contributed by atoms with E-state index in [0.29, 0.717) is 11.5 Å². The number of carbonyl (C=O) groups excluding carboxylic acids is 2. The first-order chi connectivity index (χ1) is 15.2. The fourth-order valence-electron chi connectivity index (χ4n) is 2.91. The van der Waals surface area contributed by atoms with Crippen LogP contribution < -0.4 is 9.47 Å². The van der Waals surface area contributed by atoms with Crippen LogP contribution in [-0.2, 0) is 6.18 Å². The number of benzene rings is 3. The molecular weight excluding hydrogens is 421 g/mol. The third-order valence-electron chi connectivity index (χ3n) is 5.00. The molecule has 0 heterocycles. The van der Waals surface area contributed by atoms with Gasteiger partial charge < -0.3 is 9.47 Å². The zero-order chi connectivity index (χ0) is 23.3. The molecule has 4 nitrogen and oxygen atoms in total. The van der Waals surface area contributed by atoms with Crippen molar-refractivity contribution in [2.75, 3.05) is 0 Å². The number of rotatable bonds is 6. The van der Waals surface area contributed by atoms with Crippen molar-refractivity contribution in [3.05, 3.63) is 95.1 Å². The monoisotopic (exact) mass is 442 g/mol. The molecule has 0 aliphatic rings. The zero-order valence-corrected chi connectivity index (χ0v) is 17.5. The van der Waals surface area contributed by atoms with Crippen LogP contribution in [0, 0.1) is 0 Å². The fraction of sp³-hybridized carbons (Fsp3) is 0.200. The molecule has 32 heavy (non-hydrogen) atoms. The minimum Gasteiger partial charge on any atom is -0.423 e. The normalized spacial score (nSPS) is 12.2. The van der Waals surface area contributed by atoms with Gasteiger partial charge in [0.05, 0.1) is 16.7 Å². The lowest BCUT2D eigenvalue weighted by Crippen LogP contribution is -2.12. The SMILES string of the molecule is CC[C@H](C)c1ccc(C(=O)Oc2ccc(OC(=O)c3cccc(C(F)(F)F)c3)cc2)cc1. The van der Waals surface area contributed by atoms with E-state index in [1.807, 2.05) is 12.1 Å². The Kier molecular flexibility index (Phi) is 6.98. The average Bonchev–Trinajstić information content (AvgIpc) is 2.79. The first-order valence-electron chi connectivity index (χ1n) is 9.99. The van der Waals surface area contributed by atoms with Gasteiger partial charge in [0.1, 0.15) is 11.5 Å². The molecule has 0 saturated carbocycles. The van der Waals surface area contributed by atoms with E-state index in [4.69, 9.17) is 9.47 Å². The van der Waals surface area contributed by atoms with Gasteiger partial charge in [0.25, 0.3) is 0 Å². The Hall–Kier alpha value is -3.61. The molecule has 0 unspecified atom stereocenters. The number of alkyl halides is 3. The van der Waals surface area contributed by atoms with Crippen LogP contribution in [0.3, 0.4) is 0 Å². The largest absolute Gasteiger partial charge is 0.423 e. The van der Waals surface area contributed by atoms with E-state index in [2.05, 4.69) is 13.8 Å². The molecule has 3 rings (SSSR count). The second-order valence-electron chi connectivity index (χ2n) is 7.26. The topological polar surface area (TPSA) is 52.6 Å². The summed E-state index contributed by atoms with van der Waals surface area (Å²) >= 11 is 0. The number of hydrogen-bond acceptors (Lipinski definition) is 4. The molecule has 0 aromatic heterocycles. The van der Waals surface area contributed by atoms with Crippen molar-refractivity contribution in [3.63, 3.8) is 0 Å². The molecule has 7 heteroatoms. The third kappa shape index (κ3) is 5.75. The van der Waals surface area contributed by atoms with Gasteiger partial charge in [-0.1, -0.05) is 32.0 Å². The second kappa shape index (κ2) is 9.68. The fourth-order valence-corrected chi connectivity index (χ4v) is 2.91. The van der Waals surface area contributed by atoms with Crippen molar-refractivity contribution >= 4 is 11.9 Å². The van der Waals surface area contributed by atoms with Gasteiger partial charge in [-0.15, -0.1) is 0 Å². The summed E-state index contributed by atoms with van der Waals surface area (Å²) in [4.78, 5) is 24.5. The molecule has 1 atom stereocenters. The van der Waals surface area contributed by atoms with Gasteiger partial charge in [-0.25, -0.2) is 9.59 Å². The summed E-state index contributed by atoms with van der Waals surface area (Å²) in [5.41, 5.74) is 0.371. The van der Waals surface area contributed by atoms with Crippen molar-refractivity contribution in [3.8, 4) is 11.5 Å². The highest BCUT2D eigenvalue weighted by Crippen LogP contribution is 2.30. The van der Waals surface area contributed by atoms with Crippen LogP contribution in [-0.4, -0.2) is 11.9 Å². The van der Waals surface area contributed by atoms with E-state index in [0.717, 1.165) is 30.2 Å². The van der Waals surface area contributed by atoms with E-state index in [9.17, 15) is 22.8 Å². The van der Waals surface area contributed by atoms with Crippen molar-refractivity contribution in [1.82, 2.24) is 0 Å². The molecule has 166 valence electrons. The molecular formula is C25H21F3O4. The first kappa shape index (κ1) is 23.1. The summed E-state index contributed by atoms with van der Waals surface area (Å²) < 4.78 is 48.9. The number of ether oxygens (including phenoxy) is 2. The zero-order valence-electron chi connectivity index (χ0n) is 17.5. The molecule has 0 N–H and O–H groups in total. The molecule has 0 amide bonds. The van der Waals surface area contributed by atoms with Gasteiger partial charge in [-0.3, -0.25) is 0 Å². The van der Waals surface area contributed by atoms with Gasteiger partial charge in [0.2, 0.25) is 0 Å². The summed E-state index contributed by atoms with van der Waals surface area (Å²) in [6.45, 7) is 4.20. The Labute approximate surface area is 183 Å². The Morgan fingerprint density at radius 3 is 1.84 bits per heavy atom. The van der Waals surface area contributed by atoms with Crippen molar-refractivity contribution in [2.24, 2.45) is 0 Å². The van der Waals surface area contributed by atoms with Gasteiger partial charge >= 0.3 is 18.1 Å². The van der Waals surface area contributed by atoms with E-state index >= 15 is 0 Å². The van der Waals surface area contributed by atoms with Gasteiger partial charge in [-0.2, -0.15) is 13.2 Å². The minimum absolute atomic E-state index is 0.102. The summed E-state index contributed by atoms with van der Waals surface area (Å²) in [5, 5.41) is 0. The van der Waals surface area contributed by atoms with E-state index in [1.54, 1.807) is 12.1 Å². The number of halogens is 3. The summed E-state index contributed by atoms with van der Waals surface area (Å²) in [7, 11) is 0. The highest BCUT2D eigenvalue weighted by molar-refractivity contribution is 5.92. The lowest BCUT2D eigenvalue weighted by Gasteiger charge is -2.10. The number of carbonyl (C=O) groups is 2. The Balaban J connectivity index is 1.62. The summed E-state index contributed by atoms with van der Waals surface area (Å²) in [5.74, 6) is -0.729. The maximum atomic E-state index is 12.8. The van der Waals surface area contributed by atoms with Crippen LogP contribution in [0.1, 0.15) is 58.0 Å². The lowest BCUT2D eigenvalue weighted by atomic mass is 9.98. The summed E-state index contributed by atoms with van der Waals surface area (Å²) in [6.07, 6.45) is -3.56. The molecule has 3 aromatic carbocycles. The van der Waals surface area contributed by atoms with Crippen molar-refractivity contribution in [2.45, 2.75) is 32.4 Å². The maximum Gasteiger partial charge on any atom is 0.416 e. The van der Waals surface area contributed by atoms with Crippen LogP contribution in [0.15, 0.2) is 72.8 Å². The van der Waals surface area contributed by atoms with Gasteiger partial charge in [0, 0.05) is 0 Å². The Morgan fingerprint density at radius 2 is 1.34 bits per heavy atom. The average molecular weight is 442 g/mol. The van der Waals surface area contributed by atoms with Crippen molar-refractivity contribution in [1.29, 1.82) is 0 Å². The molecule has 3 aromatic rings.